The molecule has 0 heterocycles. The van der Waals surface area contributed by atoms with Gasteiger partial charge in [0.1, 0.15) is 0 Å². The average molecular weight is 479 g/mol. The first-order valence-corrected chi connectivity index (χ1v) is 13.4. The van der Waals surface area contributed by atoms with Crippen LogP contribution in [0.4, 0.5) is 8.78 Å². The molecule has 2 aromatic rings. The number of allylic oxidation sites excluding steroid dienone is 3. The zero-order valence-corrected chi connectivity index (χ0v) is 21.1. The van der Waals surface area contributed by atoms with Gasteiger partial charge in [0.05, 0.1) is 12.2 Å². The molecular weight excluding hydrogens is 438 g/mol. The van der Waals surface area contributed by atoms with Crippen molar-refractivity contribution in [1.29, 1.82) is 0 Å². The third-order valence-electron chi connectivity index (χ3n) is 8.18. The quantitative estimate of drug-likeness (QED) is 0.326. The summed E-state index contributed by atoms with van der Waals surface area (Å²) in [5.74, 6) is 2.40. The number of alkyl halides is 2. The highest BCUT2D eigenvalue weighted by Crippen LogP contribution is 2.38. The van der Waals surface area contributed by atoms with E-state index in [1.54, 1.807) is 12.1 Å². The molecule has 2 aliphatic carbocycles. The van der Waals surface area contributed by atoms with Crippen LogP contribution < -0.4 is 0 Å². The Morgan fingerprint density at radius 3 is 1.83 bits per heavy atom. The summed E-state index contributed by atoms with van der Waals surface area (Å²) in [6, 6.07) is 15.3. The van der Waals surface area contributed by atoms with Gasteiger partial charge in [-0.25, -0.2) is 0 Å². The predicted octanol–water partition coefficient (Wildman–Crippen LogP) is 9.30. The highest BCUT2D eigenvalue weighted by molar-refractivity contribution is 5.28. The minimum atomic E-state index is -3.27. The average Bonchev–Trinajstić information content (AvgIpc) is 2.90. The van der Waals surface area contributed by atoms with E-state index in [0.717, 1.165) is 18.4 Å². The topological polar surface area (TPSA) is 9.23 Å². The Hall–Kier alpha value is -2.26. The molecule has 0 atom stereocenters. The molecule has 0 saturated heterocycles. The molecular formula is C32H40F2O. The second-order valence-corrected chi connectivity index (χ2v) is 10.5. The molecule has 3 heteroatoms. The van der Waals surface area contributed by atoms with Crippen LogP contribution in [0.5, 0.6) is 0 Å². The van der Waals surface area contributed by atoms with Crippen LogP contribution in [0.25, 0.3) is 0 Å². The smallest absolute Gasteiger partial charge is 0.316 e. The summed E-state index contributed by atoms with van der Waals surface area (Å²) >= 11 is 0. The van der Waals surface area contributed by atoms with E-state index in [1.165, 1.54) is 49.7 Å². The third kappa shape index (κ3) is 6.91. The summed E-state index contributed by atoms with van der Waals surface area (Å²) in [6.45, 7) is 5.98. The van der Waals surface area contributed by atoms with Gasteiger partial charge in [-0.15, -0.1) is 6.58 Å². The first-order valence-electron chi connectivity index (χ1n) is 13.4. The van der Waals surface area contributed by atoms with Gasteiger partial charge < -0.3 is 4.74 Å². The van der Waals surface area contributed by atoms with Crippen LogP contribution in [-0.4, -0.2) is 6.61 Å². The molecule has 0 bridgehead atoms. The lowest BCUT2D eigenvalue weighted by Crippen LogP contribution is -2.20. The maximum atomic E-state index is 14.7. The van der Waals surface area contributed by atoms with Gasteiger partial charge in [-0.05, 0) is 105 Å². The highest BCUT2D eigenvalue weighted by atomic mass is 19.3. The molecule has 2 aromatic carbocycles. The van der Waals surface area contributed by atoms with Crippen LogP contribution in [0, 0.1) is 11.8 Å². The Morgan fingerprint density at radius 2 is 1.31 bits per heavy atom. The van der Waals surface area contributed by atoms with Gasteiger partial charge in [-0.3, -0.25) is 0 Å². The number of ether oxygens (including phenoxy) is 1. The van der Waals surface area contributed by atoms with E-state index >= 15 is 0 Å². The number of benzene rings is 2. The van der Waals surface area contributed by atoms with Crippen molar-refractivity contribution in [3.8, 4) is 0 Å². The number of rotatable bonds is 9. The zero-order chi connectivity index (χ0) is 24.7. The second kappa shape index (κ2) is 12.1. The minimum absolute atomic E-state index is 0.00645. The molecule has 0 amide bonds. The summed E-state index contributed by atoms with van der Waals surface area (Å²) in [5.41, 5.74) is 3.50. The zero-order valence-electron chi connectivity index (χ0n) is 21.1. The van der Waals surface area contributed by atoms with Crippen molar-refractivity contribution in [3.05, 3.63) is 95.6 Å². The molecule has 0 spiro atoms. The molecule has 0 aliphatic heterocycles. The van der Waals surface area contributed by atoms with E-state index in [-0.39, 0.29) is 12.2 Å². The molecule has 2 fully saturated rings. The summed E-state index contributed by atoms with van der Waals surface area (Å²) in [5, 5.41) is 0. The maximum absolute atomic E-state index is 14.7. The summed E-state index contributed by atoms with van der Waals surface area (Å²) in [7, 11) is 0. The van der Waals surface area contributed by atoms with Crippen molar-refractivity contribution in [1.82, 2.24) is 0 Å². The molecule has 1 nitrogen and oxygen atoms in total. The van der Waals surface area contributed by atoms with Gasteiger partial charge in [0.2, 0.25) is 0 Å². The van der Waals surface area contributed by atoms with E-state index in [1.807, 2.05) is 12.1 Å². The van der Waals surface area contributed by atoms with Gasteiger partial charge >= 0.3 is 6.11 Å². The Morgan fingerprint density at radius 1 is 0.800 bits per heavy atom. The van der Waals surface area contributed by atoms with Gasteiger partial charge in [0.25, 0.3) is 0 Å². The van der Waals surface area contributed by atoms with Gasteiger partial charge in [0.15, 0.2) is 0 Å². The molecule has 0 unspecified atom stereocenters. The SMILES string of the molecule is C=CC1CCC(c2ccc(CCOC(F)(F)c3ccc(C4CCC(C=CC)CC4)cc3)cc2)CC1. The Kier molecular flexibility index (Phi) is 8.94. The van der Waals surface area contributed by atoms with Crippen molar-refractivity contribution in [2.45, 2.75) is 82.7 Å². The number of halogens is 2. The fourth-order valence-electron chi connectivity index (χ4n) is 5.89. The lowest BCUT2D eigenvalue weighted by atomic mass is 9.78. The van der Waals surface area contributed by atoms with Crippen LogP contribution >= 0.6 is 0 Å². The van der Waals surface area contributed by atoms with Crippen LogP contribution in [0.2, 0.25) is 0 Å². The van der Waals surface area contributed by atoms with Gasteiger partial charge in [-0.1, -0.05) is 66.8 Å². The molecule has 0 radical (unpaired) electrons. The van der Waals surface area contributed by atoms with Crippen molar-refractivity contribution in [3.63, 3.8) is 0 Å². The number of hydrogen-bond acceptors (Lipinski definition) is 1. The Labute approximate surface area is 210 Å². The third-order valence-corrected chi connectivity index (χ3v) is 8.18. The molecule has 2 saturated carbocycles. The molecule has 188 valence electrons. The molecule has 0 N–H and O–H groups in total. The first-order chi connectivity index (χ1) is 17.0. The van der Waals surface area contributed by atoms with E-state index in [4.69, 9.17) is 4.74 Å². The maximum Gasteiger partial charge on any atom is 0.383 e. The lowest BCUT2D eigenvalue weighted by molar-refractivity contribution is -0.248. The van der Waals surface area contributed by atoms with E-state index < -0.39 is 6.11 Å². The molecule has 0 aromatic heterocycles. The van der Waals surface area contributed by atoms with Gasteiger partial charge in [0, 0.05) is 0 Å². The van der Waals surface area contributed by atoms with Crippen LogP contribution in [0.3, 0.4) is 0 Å². The van der Waals surface area contributed by atoms with Crippen molar-refractivity contribution >= 4 is 0 Å². The monoisotopic (exact) mass is 478 g/mol. The summed E-state index contributed by atoms with van der Waals surface area (Å²) in [4.78, 5) is 0. The minimum Gasteiger partial charge on any atom is -0.316 e. The Balaban J connectivity index is 1.24. The van der Waals surface area contributed by atoms with Crippen LogP contribution in [0.1, 0.15) is 92.4 Å². The number of hydrogen-bond donors (Lipinski definition) is 0. The predicted molar refractivity (Wildman–Crippen MR) is 141 cm³/mol. The largest absolute Gasteiger partial charge is 0.383 e. The van der Waals surface area contributed by atoms with Gasteiger partial charge in [-0.2, -0.15) is 8.78 Å². The van der Waals surface area contributed by atoms with E-state index in [2.05, 4.69) is 56.0 Å². The molecule has 4 rings (SSSR count). The fourth-order valence-corrected chi connectivity index (χ4v) is 5.89. The highest BCUT2D eigenvalue weighted by Gasteiger charge is 2.33. The normalized spacial score (nSPS) is 25.6. The van der Waals surface area contributed by atoms with Crippen LogP contribution in [0.15, 0.2) is 73.3 Å². The van der Waals surface area contributed by atoms with Crippen molar-refractivity contribution < 1.29 is 13.5 Å². The second-order valence-electron chi connectivity index (χ2n) is 10.5. The lowest BCUT2D eigenvalue weighted by Gasteiger charge is -2.27. The van der Waals surface area contributed by atoms with E-state index in [9.17, 15) is 8.78 Å². The Bertz CT molecular complexity index is 944. The van der Waals surface area contributed by atoms with Crippen LogP contribution in [-0.2, 0) is 17.3 Å². The van der Waals surface area contributed by atoms with Crippen molar-refractivity contribution in [2.75, 3.05) is 6.61 Å². The fraction of sp³-hybridized carbons (Fsp3) is 0.500. The molecule has 2 aliphatic rings. The summed E-state index contributed by atoms with van der Waals surface area (Å²) < 4.78 is 34.5. The molecule has 35 heavy (non-hydrogen) atoms. The standard InChI is InChI=1S/C32H40F2O/c1-3-5-25-8-14-29(15-9-25)30-18-20-31(21-19-30)32(33,34)35-23-22-26-10-16-28(17-11-26)27-12-6-24(4-2)7-13-27/h3-5,10-11,16-21,24-25,27,29H,2,6-9,12-15,22-23H2,1H3. The van der Waals surface area contributed by atoms with E-state index in [0.29, 0.717) is 30.1 Å². The summed E-state index contributed by atoms with van der Waals surface area (Å²) in [6.07, 6.45) is 13.1. The van der Waals surface area contributed by atoms with Crippen molar-refractivity contribution in [2.24, 2.45) is 11.8 Å². The first kappa shape index (κ1) is 25.8.